The lowest BCUT2D eigenvalue weighted by atomic mass is 9.96. The van der Waals surface area contributed by atoms with E-state index in [0.717, 1.165) is 33.4 Å². The molecule has 3 aromatic rings. The third kappa shape index (κ3) is 3.70. The van der Waals surface area contributed by atoms with Crippen LogP contribution in [0, 0.1) is 0 Å². The predicted molar refractivity (Wildman–Crippen MR) is 108 cm³/mol. The van der Waals surface area contributed by atoms with E-state index >= 15 is 0 Å². The van der Waals surface area contributed by atoms with Crippen molar-refractivity contribution in [3.05, 3.63) is 97.1 Å². The lowest BCUT2D eigenvalue weighted by Crippen LogP contribution is -1.88. The van der Waals surface area contributed by atoms with Crippen molar-refractivity contribution < 1.29 is 10.2 Å². The van der Waals surface area contributed by atoms with E-state index in [1.807, 2.05) is 30.3 Å². The fraction of sp³-hybridized carbons (Fsp3) is 0.0833. The Kier molecular flexibility index (Phi) is 5.23. The quantitative estimate of drug-likeness (QED) is 0.548. The van der Waals surface area contributed by atoms with Crippen molar-refractivity contribution in [3.8, 4) is 33.8 Å². The highest BCUT2D eigenvalue weighted by atomic mass is 16.3. The van der Waals surface area contributed by atoms with Gasteiger partial charge in [0.25, 0.3) is 0 Å². The van der Waals surface area contributed by atoms with Crippen LogP contribution < -0.4 is 0 Å². The van der Waals surface area contributed by atoms with E-state index < -0.39 is 0 Å². The van der Waals surface area contributed by atoms with Crippen molar-refractivity contribution in [1.82, 2.24) is 0 Å². The first-order valence-corrected chi connectivity index (χ1v) is 8.58. The Morgan fingerprint density at radius 3 is 1.46 bits per heavy atom. The van der Waals surface area contributed by atoms with Crippen molar-refractivity contribution in [3.63, 3.8) is 0 Å². The van der Waals surface area contributed by atoms with Crippen LogP contribution >= 0.6 is 0 Å². The van der Waals surface area contributed by atoms with Gasteiger partial charge in [-0.15, -0.1) is 13.2 Å². The minimum Gasteiger partial charge on any atom is -0.508 e. The molecule has 3 aromatic carbocycles. The Bertz CT molecular complexity index is 879. The van der Waals surface area contributed by atoms with Crippen LogP contribution in [0.4, 0.5) is 0 Å². The normalized spacial score (nSPS) is 10.5. The number of phenolic OH excluding ortho intramolecular Hbond substituents is 2. The smallest absolute Gasteiger partial charge is 0.119 e. The Hall–Kier alpha value is -3.26. The van der Waals surface area contributed by atoms with Crippen molar-refractivity contribution in [2.75, 3.05) is 0 Å². The number of rotatable bonds is 6. The zero-order valence-electron chi connectivity index (χ0n) is 14.7. The summed E-state index contributed by atoms with van der Waals surface area (Å²) in [4.78, 5) is 0. The lowest BCUT2D eigenvalue weighted by Gasteiger charge is -2.10. The minimum atomic E-state index is 0.289. The van der Waals surface area contributed by atoms with Crippen molar-refractivity contribution >= 4 is 0 Å². The molecule has 26 heavy (non-hydrogen) atoms. The second-order valence-electron chi connectivity index (χ2n) is 6.25. The molecule has 0 amide bonds. The highest BCUT2D eigenvalue weighted by Gasteiger charge is 2.07. The summed E-state index contributed by atoms with van der Waals surface area (Å²) in [5, 5.41) is 19.9. The number of aromatic hydroxyl groups is 2. The summed E-state index contributed by atoms with van der Waals surface area (Å²) in [6.45, 7) is 7.49. The first-order valence-electron chi connectivity index (χ1n) is 8.58. The maximum absolute atomic E-state index is 9.97. The Balaban J connectivity index is 2.01. The van der Waals surface area contributed by atoms with Crippen LogP contribution in [0.15, 0.2) is 86.0 Å². The molecule has 0 saturated heterocycles. The molecule has 0 unspecified atom stereocenters. The van der Waals surface area contributed by atoms with Crippen LogP contribution in [-0.2, 0) is 12.8 Å². The largest absolute Gasteiger partial charge is 0.508 e. The molecular formula is C24H22O2. The molecule has 0 aliphatic rings. The molecule has 0 atom stereocenters. The molecule has 0 spiro atoms. The van der Waals surface area contributed by atoms with E-state index in [-0.39, 0.29) is 11.5 Å². The van der Waals surface area contributed by atoms with E-state index in [1.54, 1.807) is 24.3 Å². The molecule has 2 heteroatoms. The Labute approximate surface area is 154 Å². The van der Waals surface area contributed by atoms with Gasteiger partial charge in [-0.25, -0.2) is 0 Å². The van der Waals surface area contributed by atoms with Crippen molar-refractivity contribution in [2.45, 2.75) is 12.8 Å². The van der Waals surface area contributed by atoms with E-state index in [9.17, 15) is 10.2 Å². The fourth-order valence-electron chi connectivity index (χ4n) is 3.05. The third-order valence-corrected chi connectivity index (χ3v) is 4.42. The molecule has 130 valence electrons. The van der Waals surface area contributed by atoms with Crippen LogP contribution in [0.25, 0.3) is 22.3 Å². The van der Waals surface area contributed by atoms with Gasteiger partial charge < -0.3 is 10.2 Å². The van der Waals surface area contributed by atoms with Crippen LogP contribution in [0.2, 0.25) is 0 Å². The first kappa shape index (κ1) is 17.6. The van der Waals surface area contributed by atoms with Gasteiger partial charge in [0.1, 0.15) is 11.5 Å². The molecule has 0 aliphatic heterocycles. The monoisotopic (exact) mass is 342 g/mol. The zero-order valence-corrected chi connectivity index (χ0v) is 14.7. The summed E-state index contributed by atoms with van der Waals surface area (Å²) in [6, 6.07) is 19.5. The average Bonchev–Trinajstić information content (AvgIpc) is 2.66. The summed E-state index contributed by atoms with van der Waals surface area (Å²) in [5.41, 5.74) is 5.97. The van der Waals surface area contributed by atoms with Gasteiger partial charge in [-0.3, -0.25) is 0 Å². The number of phenols is 2. The van der Waals surface area contributed by atoms with Gasteiger partial charge in [-0.2, -0.15) is 0 Å². The number of hydrogen-bond donors (Lipinski definition) is 2. The van der Waals surface area contributed by atoms with Crippen LogP contribution in [-0.4, -0.2) is 10.2 Å². The topological polar surface area (TPSA) is 40.5 Å². The van der Waals surface area contributed by atoms with Gasteiger partial charge in [0.05, 0.1) is 0 Å². The summed E-state index contributed by atoms with van der Waals surface area (Å²) in [5.74, 6) is 0.579. The Morgan fingerprint density at radius 1 is 0.615 bits per heavy atom. The zero-order chi connectivity index (χ0) is 18.5. The highest BCUT2D eigenvalue weighted by Crippen LogP contribution is 2.31. The molecule has 0 heterocycles. The highest BCUT2D eigenvalue weighted by molar-refractivity contribution is 5.74. The van der Waals surface area contributed by atoms with Gasteiger partial charge >= 0.3 is 0 Å². The summed E-state index contributed by atoms with van der Waals surface area (Å²) in [7, 11) is 0. The van der Waals surface area contributed by atoms with Gasteiger partial charge in [0.2, 0.25) is 0 Å². The van der Waals surface area contributed by atoms with E-state index in [0.29, 0.717) is 12.8 Å². The standard InChI is InChI=1S/C24H22O2/c1-3-6-21-15-19(10-12-23(21)25)17-8-5-9-18(14-17)20-11-13-24(26)22(16-20)7-4-2/h3-5,8-16,25-26H,1-2,6-7H2. The molecule has 2 nitrogen and oxygen atoms in total. The van der Waals surface area contributed by atoms with Gasteiger partial charge in [0, 0.05) is 0 Å². The maximum Gasteiger partial charge on any atom is 0.119 e. The van der Waals surface area contributed by atoms with Gasteiger partial charge in [-0.05, 0) is 76.6 Å². The molecular weight excluding hydrogens is 320 g/mol. The van der Waals surface area contributed by atoms with Crippen molar-refractivity contribution in [2.24, 2.45) is 0 Å². The van der Waals surface area contributed by atoms with E-state index in [1.165, 1.54) is 0 Å². The van der Waals surface area contributed by atoms with Crippen LogP contribution in [0.3, 0.4) is 0 Å². The molecule has 0 bridgehead atoms. The minimum absolute atomic E-state index is 0.289. The third-order valence-electron chi connectivity index (χ3n) is 4.42. The van der Waals surface area contributed by atoms with Crippen LogP contribution in [0.1, 0.15) is 11.1 Å². The summed E-state index contributed by atoms with van der Waals surface area (Å²) >= 11 is 0. The average molecular weight is 342 g/mol. The number of benzene rings is 3. The summed E-state index contributed by atoms with van der Waals surface area (Å²) in [6.07, 6.45) is 4.82. The Morgan fingerprint density at radius 2 is 1.04 bits per heavy atom. The number of hydrogen-bond acceptors (Lipinski definition) is 2. The molecule has 0 aromatic heterocycles. The molecule has 2 N–H and O–H groups in total. The number of allylic oxidation sites excluding steroid dienone is 2. The predicted octanol–water partition coefficient (Wildman–Crippen LogP) is 5.89. The fourth-order valence-corrected chi connectivity index (χ4v) is 3.05. The molecule has 3 rings (SSSR count). The second kappa shape index (κ2) is 7.75. The molecule has 0 fully saturated rings. The molecule has 0 saturated carbocycles. The van der Waals surface area contributed by atoms with E-state index in [4.69, 9.17) is 0 Å². The molecule has 0 aliphatic carbocycles. The lowest BCUT2D eigenvalue weighted by molar-refractivity contribution is 0.469. The van der Waals surface area contributed by atoms with Gasteiger partial charge in [-0.1, -0.05) is 42.5 Å². The second-order valence-corrected chi connectivity index (χ2v) is 6.25. The van der Waals surface area contributed by atoms with Gasteiger partial charge in [0.15, 0.2) is 0 Å². The van der Waals surface area contributed by atoms with E-state index in [2.05, 4.69) is 31.4 Å². The SMILES string of the molecule is C=CCc1cc(-c2cccc(-c3ccc(O)c(CC=C)c3)c2)ccc1O. The molecule has 0 radical (unpaired) electrons. The van der Waals surface area contributed by atoms with Crippen LogP contribution in [0.5, 0.6) is 11.5 Å². The first-order chi connectivity index (χ1) is 12.6. The summed E-state index contributed by atoms with van der Waals surface area (Å²) < 4.78 is 0. The maximum atomic E-state index is 9.97. The van der Waals surface area contributed by atoms with Crippen molar-refractivity contribution in [1.29, 1.82) is 0 Å².